The van der Waals surface area contributed by atoms with Crippen molar-refractivity contribution in [3.05, 3.63) is 0 Å². The second-order valence-electron chi connectivity index (χ2n) is 4.42. The van der Waals surface area contributed by atoms with E-state index >= 15 is 0 Å². The molecule has 0 heterocycles. The Balaban J connectivity index is 3.69. The summed E-state index contributed by atoms with van der Waals surface area (Å²) >= 11 is 0. The van der Waals surface area contributed by atoms with E-state index in [9.17, 15) is 9.46 Å². The van der Waals surface area contributed by atoms with Gasteiger partial charge in [0.15, 0.2) is 0 Å². The highest BCUT2D eigenvalue weighted by atomic mass is 31.2. The lowest BCUT2D eigenvalue weighted by Crippen LogP contribution is -2.14. The molecule has 1 atom stereocenters. The zero-order valence-corrected chi connectivity index (χ0v) is 10.7. The van der Waals surface area contributed by atoms with Crippen molar-refractivity contribution in [2.75, 3.05) is 26.9 Å². The third-order valence-electron chi connectivity index (χ3n) is 1.64. The zero-order chi connectivity index (χ0) is 11.9. The third-order valence-corrected chi connectivity index (χ3v) is 2.64. The van der Waals surface area contributed by atoms with Crippen molar-refractivity contribution < 1.29 is 23.2 Å². The van der Waals surface area contributed by atoms with Crippen LogP contribution in [0.2, 0.25) is 0 Å². The SMILES string of the molecule is COCCOP(=O)([O-])OCCC(C)(C)C. The van der Waals surface area contributed by atoms with Gasteiger partial charge in [0.2, 0.25) is 0 Å². The van der Waals surface area contributed by atoms with E-state index in [0.717, 1.165) is 0 Å². The molecule has 0 radical (unpaired) electrons. The molecule has 1 unspecified atom stereocenters. The van der Waals surface area contributed by atoms with Gasteiger partial charge in [-0.2, -0.15) is 0 Å². The predicted octanol–water partition coefficient (Wildman–Crippen LogP) is 1.57. The summed E-state index contributed by atoms with van der Waals surface area (Å²) in [5.74, 6) is 0. The Morgan fingerprint density at radius 2 is 1.67 bits per heavy atom. The van der Waals surface area contributed by atoms with Crippen LogP contribution in [0.4, 0.5) is 0 Å². The van der Waals surface area contributed by atoms with Gasteiger partial charge in [-0.15, -0.1) is 0 Å². The van der Waals surface area contributed by atoms with Crippen LogP contribution in [0.3, 0.4) is 0 Å². The topological polar surface area (TPSA) is 67.8 Å². The van der Waals surface area contributed by atoms with Gasteiger partial charge in [-0.1, -0.05) is 20.8 Å². The molecule has 0 saturated carbocycles. The maximum absolute atomic E-state index is 11.1. The van der Waals surface area contributed by atoms with E-state index in [4.69, 9.17) is 0 Å². The summed E-state index contributed by atoms with van der Waals surface area (Å²) in [5, 5.41) is 0. The van der Waals surface area contributed by atoms with Gasteiger partial charge < -0.3 is 18.7 Å². The Morgan fingerprint density at radius 3 is 2.13 bits per heavy atom. The summed E-state index contributed by atoms with van der Waals surface area (Å²) in [4.78, 5) is 11.1. The number of rotatable bonds is 7. The van der Waals surface area contributed by atoms with Gasteiger partial charge in [0.05, 0.1) is 19.8 Å². The van der Waals surface area contributed by atoms with Crippen molar-refractivity contribution in [3.63, 3.8) is 0 Å². The molecule has 0 aliphatic carbocycles. The number of ether oxygens (including phenoxy) is 1. The summed E-state index contributed by atoms with van der Waals surface area (Å²) in [7, 11) is -2.67. The summed E-state index contributed by atoms with van der Waals surface area (Å²) in [6, 6.07) is 0. The Morgan fingerprint density at radius 1 is 1.13 bits per heavy atom. The number of methoxy groups -OCH3 is 1. The van der Waals surface area contributed by atoms with Crippen molar-refractivity contribution in [3.8, 4) is 0 Å². The van der Waals surface area contributed by atoms with Gasteiger partial charge >= 0.3 is 0 Å². The van der Waals surface area contributed by atoms with Crippen molar-refractivity contribution in [2.45, 2.75) is 27.2 Å². The lowest BCUT2D eigenvalue weighted by atomic mass is 9.93. The largest absolute Gasteiger partial charge is 0.756 e. The van der Waals surface area contributed by atoms with Crippen LogP contribution in [0.25, 0.3) is 0 Å². The molecule has 0 aromatic rings. The molecule has 0 spiro atoms. The van der Waals surface area contributed by atoms with Crippen LogP contribution < -0.4 is 4.89 Å². The van der Waals surface area contributed by atoms with Crippen LogP contribution in [0.15, 0.2) is 0 Å². The average molecular weight is 239 g/mol. The van der Waals surface area contributed by atoms with Crippen LogP contribution in [0, 0.1) is 5.41 Å². The lowest BCUT2D eigenvalue weighted by molar-refractivity contribution is -0.226. The van der Waals surface area contributed by atoms with Crippen molar-refractivity contribution in [1.82, 2.24) is 0 Å². The van der Waals surface area contributed by atoms with E-state index in [-0.39, 0.29) is 25.2 Å². The molecule has 6 heteroatoms. The van der Waals surface area contributed by atoms with Crippen molar-refractivity contribution in [2.24, 2.45) is 5.41 Å². The Labute approximate surface area is 91.3 Å². The van der Waals surface area contributed by atoms with Gasteiger partial charge in [-0.05, 0) is 11.8 Å². The van der Waals surface area contributed by atoms with Crippen LogP contribution in [0.5, 0.6) is 0 Å². The molecule has 92 valence electrons. The molecule has 15 heavy (non-hydrogen) atoms. The van der Waals surface area contributed by atoms with Crippen molar-refractivity contribution >= 4 is 7.82 Å². The van der Waals surface area contributed by atoms with Crippen LogP contribution >= 0.6 is 7.82 Å². The first-order chi connectivity index (χ1) is 6.77. The third kappa shape index (κ3) is 10.4. The molecule has 0 aromatic carbocycles. The molecule has 0 N–H and O–H groups in total. The number of phosphoric acid groups is 1. The first kappa shape index (κ1) is 15.1. The minimum atomic E-state index is -4.14. The van der Waals surface area contributed by atoms with Crippen LogP contribution in [0.1, 0.15) is 27.2 Å². The highest BCUT2D eigenvalue weighted by Crippen LogP contribution is 2.38. The highest BCUT2D eigenvalue weighted by Gasteiger charge is 2.13. The number of hydrogen-bond donors (Lipinski definition) is 0. The molecule has 0 saturated heterocycles. The normalized spacial score (nSPS) is 16.3. The van der Waals surface area contributed by atoms with E-state index in [1.165, 1.54) is 7.11 Å². The summed E-state index contributed by atoms with van der Waals surface area (Å²) in [6.07, 6.45) is 0.660. The minimum absolute atomic E-state index is 0.00715. The zero-order valence-electron chi connectivity index (χ0n) is 9.82. The van der Waals surface area contributed by atoms with E-state index in [1.54, 1.807) is 0 Å². The van der Waals surface area contributed by atoms with E-state index < -0.39 is 7.82 Å². The van der Waals surface area contributed by atoms with Crippen LogP contribution in [-0.4, -0.2) is 26.9 Å². The highest BCUT2D eigenvalue weighted by molar-refractivity contribution is 7.45. The van der Waals surface area contributed by atoms with Crippen LogP contribution in [-0.2, 0) is 18.3 Å². The minimum Gasteiger partial charge on any atom is -0.756 e. The molecule has 0 aliphatic rings. The number of hydrogen-bond acceptors (Lipinski definition) is 5. The molecule has 0 rings (SSSR count). The molecule has 0 aromatic heterocycles. The Kier molecular flexibility index (Phi) is 6.64. The quantitative estimate of drug-likeness (QED) is 0.498. The molecule has 0 amide bonds. The average Bonchev–Trinajstić information content (AvgIpc) is 2.01. The first-order valence-electron chi connectivity index (χ1n) is 4.86. The van der Waals surface area contributed by atoms with Gasteiger partial charge in [0.1, 0.15) is 0 Å². The smallest absolute Gasteiger partial charge is 0.267 e. The van der Waals surface area contributed by atoms with Crippen molar-refractivity contribution in [1.29, 1.82) is 0 Å². The van der Waals surface area contributed by atoms with E-state index in [2.05, 4.69) is 13.8 Å². The monoisotopic (exact) mass is 239 g/mol. The second-order valence-corrected chi connectivity index (χ2v) is 5.83. The molecular weight excluding hydrogens is 219 g/mol. The van der Waals surface area contributed by atoms with Gasteiger partial charge in [0, 0.05) is 7.11 Å². The molecule has 0 fully saturated rings. The van der Waals surface area contributed by atoms with Gasteiger partial charge in [0.25, 0.3) is 7.82 Å². The fraction of sp³-hybridized carbons (Fsp3) is 1.00. The Hall–Kier alpha value is 0.0700. The summed E-state index contributed by atoms with van der Waals surface area (Å²) in [6.45, 7) is 6.41. The number of phosphoric ester groups is 1. The molecular formula is C9H20O5P-. The van der Waals surface area contributed by atoms with E-state index in [1.807, 2.05) is 20.8 Å². The lowest BCUT2D eigenvalue weighted by Gasteiger charge is -2.25. The first-order valence-corrected chi connectivity index (χ1v) is 6.32. The molecule has 5 nitrogen and oxygen atoms in total. The van der Waals surface area contributed by atoms with Gasteiger partial charge in [-0.25, -0.2) is 0 Å². The molecule has 0 aliphatic heterocycles. The van der Waals surface area contributed by atoms with Gasteiger partial charge in [-0.3, -0.25) is 4.57 Å². The van der Waals surface area contributed by atoms with E-state index in [0.29, 0.717) is 6.42 Å². The maximum atomic E-state index is 11.1. The predicted molar refractivity (Wildman–Crippen MR) is 55.5 cm³/mol. The summed E-state index contributed by atoms with van der Waals surface area (Å²) < 4.78 is 25.0. The fourth-order valence-electron chi connectivity index (χ4n) is 0.733. The second kappa shape index (κ2) is 6.61. The Bertz CT molecular complexity index is 211. The standard InChI is InChI=1S/C9H21O5P/c1-9(2,3)5-6-13-15(10,11)14-8-7-12-4/h5-8H2,1-4H3,(H,10,11)/p-1. The fourth-order valence-corrected chi connectivity index (χ4v) is 1.42. The molecule has 0 bridgehead atoms. The summed E-state index contributed by atoms with van der Waals surface area (Å²) in [5.41, 5.74) is 0.0481. The maximum Gasteiger partial charge on any atom is 0.267 e.